The molecule has 21 heavy (non-hydrogen) atoms. The van der Waals surface area contributed by atoms with E-state index in [0.717, 1.165) is 5.56 Å². The molecule has 0 aromatic heterocycles. The lowest BCUT2D eigenvalue weighted by Crippen LogP contribution is -2.59. The Morgan fingerprint density at radius 3 is 2.76 bits per heavy atom. The molecule has 6 heteroatoms. The number of carbonyl (C=O) groups excluding carboxylic acids is 2. The molecule has 1 aliphatic rings. The van der Waals surface area contributed by atoms with Gasteiger partial charge in [0.15, 0.2) is 0 Å². The highest BCUT2D eigenvalue weighted by Gasteiger charge is 2.32. The quantitative estimate of drug-likeness (QED) is 0.650. The summed E-state index contributed by atoms with van der Waals surface area (Å²) >= 11 is 0. The summed E-state index contributed by atoms with van der Waals surface area (Å²) in [6.07, 6.45) is 0.396. The van der Waals surface area contributed by atoms with Crippen molar-refractivity contribution in [1.29, 1.82) is 0 Å². The van der Waals surface area contributed by atoms with Crippen LogP contribution < -0.4 is 10.6 Å². The topological polar surface area (TPSA) is 87.7 Å². The summed E-state index contributed by atoms with van der Waals surface area (Å²) in [5, 5.41) is 14.3. The van der Waals surface area contributed by atoms with Crippen molar-refractivity contribution in [1.82, 2.24) is 10.6 Å². The van der Waals surface area contributed by atoms with Crippen LogP contribution in [0.4, 0.5) is 0 Å². The monoisotopic (exact) mass is 292 g/mol. The summed E-state index contributed by atoms with van der Waals surface area (Å²) in [7, 11) is 0. The molecule has 1 aromatic rings. The van der Waals surface area contributed by atoms with Crippen molar-refractivity contribution in [2.75, 3.05) is 19.8 Å². The molecule has 114 valence electrons. The number of ether oxygens (including phenoxy) is 1. The minimum absolute atomic E-state index is 0.00600. The van der Waals surface area contributed by atoms with Crippen molar-refractivity contribution in [2.45, 2.75) is 19.1 Å². The molecule has 0 bridgehead atoms. The molecule has 2 rings (SSSR count). The van der Waals surface area contributed by atoms with Gasteiger partial charge in [0.05, 0.1) is 19.8 Å². The first kappa shape index (κ1) is 15.5. The van der Waals surface area contributed by atoms with E-state index in [1.807, 2.05) is 30.3 Å². The van der Waals surface area contributed by atoms with E-state index in [4.69, 9.17) is 9.84 Å². The van der Waals surface area contributed by atoms with Crippen LogP contribution in [0.25, 0.3) is 0 Å². The molecular formula is C15H20N2O4. The molecule has 0 aliphatic carbocycles. The molecule has 1 heterocycles. The maximum atomic E-state index is 11.8. The summed E-state index contributed by atoms with van der Waals surface area (Å²) in [5.41, 5.74) is 1.04. The first-order valence-corrected chi connectivity index (χ1v) is 7.00. The third-order valence-electron chi connectivity index (χ3n) is 3.44. The highest BCUT2D eigenvalue weighted by atomic mass is 16.5. The van der Waals surface area contributed by atoms with E-state index in [2.05, 4.69) is 10.6 Å². The van der Waals surface area contributed by atoms with E-state index in [1.165, 1.54) is 0 Å². The number of piperazine rings is 1. The first-order valence-electron chi connectivity index (χ1n) is 7.00. The second kappa shape index (κ2) is 7.75. The van der Waals surface area contributed by atoms with Gasteiger partial charge in [-0.15, -0.1) is 0 Å². The van der Waals surface area contributed by atoms with Crippen molar-refractivity contribution in [3.8, 4) is 0 Å². The van der Waals surface area contributed by atoms with E-state index >= 15 is 0 Å². The number of carbonyl (C=O) groups is 2. The summed E-state index contributed by atoms with van der Waals surface area (Å²) in [6, 6.07) is 9.05. The van der Waals surface area contributed by atoms with Gasteiger partial charge in [0.1, 0.15) is 6.04 Å². The maximum absolute atomic E-state index is 11.8. The molecule has 6 nitrogen and oxygen atoms in total. The van der Waals surface area contributed by atoms with Gasteiger partial charge in [-0.2, -0.15) is 0 Å². The van der Waals surface area contributed by atoms with Crippen LogP contribution in [-0.2, 0) is 20.9 Å². The molecule has 1 aliphatic heterocycles. The molecule has 3 N–H and O–H groups in total. The molecular weight excluding hydrogens is 272 g/mol. The standard InChI is InChI=1S/C15H20N2O4/c18-7-6-12(14-15(20)16-8-13(19)17-14)10-21-9-11-4-2-1-3-5-11/h1-5,12,14,18H,6-10H2,(H,16,20)(H,17,19). The Morgan fingerprint density at radius 2 is 2.05 bits per heavy atom. The third-order valence-corrected chi connectivity index (χ3v) is 3.44. The molecule has 2 unspecified atom stereocenters. The number of aliphatic hydroxyl groups excluding tert-OH is 1. The molecule has 1 aromatic carbocycles. The molecule has 2 amide bonds. The lowest BCUT2D eigenvalue weighted by Gasteiger charge is -2.30. The number of rotatable bonds is 7. The minimum Gasteiger partial charge on any atom is -0.396 e. The number of aliphatic hydroxyl groups is 1. The van der Waals surface area contributed by atoms with Gasteiger partial charge in [-0.05, 0) is 12.0 Å². The zero-order valence-corrected chi connectivity index (χ0v) is 11.7. The fourth-order valence-electron chi connectivity index (χ4n) is 2.31. The Balaban J connectivity index is 1.89. The van der Waals surface area contributed by atoms with Gasteiger partial charge in [-0.25, -0.2) is 0 Å². The first-order chi connectivity index (χ1) is 10.2. The van der Waals surface area contributed by atoms with Crippen LogP contribution in [0, 0.1) is 5.92 Å². The summed E-state index contributed by atoms with van der Waals surface area (Å²) < 4.78 is 5.63. The van der Waals surface area contributed by atoms with Crippen molar-refractivity contribution in [2.24, 2.45) is 5.92 Å². The molecule has 1 saturated heterocycles. The Labute approximate surface area is 123 Å². The van der Waals surface area contributed by atoms with E-state index in [9.17, 15) is 9.59 Å². The maximum Gasteiger partial charge on any atom is 0.243 e. The second-order valence-corrected chi connectivity index (χ2v) is 5.04. The highest BCUT2D eigenvalue weighted by molar-refractivity contribution is 5.94. The Morgan fingerprint density at radius 1 is 1.29 bits per heavy atom. The number of benzene rings is 1. The van der Waals surface area contributed by atoms with Gasteiger partial charge in [0.25, 0.3) is 0 Å². The fraction of sp³-hybridized carbons (Fsp3) is 0.467. The van der Waals surface area contributed by atoms with E-state index in [1.54, 1.807) is 0 Å². The number of amides is 2. The van der Waals surface area contributed by atoms with Crippen molar-refractivity contribution < 1.29 is 19.4 Å². The van der Waals surface area contributed by atoms with Crippen LogP contribution >= 0.6 is 0 Å². The van der Waals surface area contributed by atoms with Crippen LogP contribution in [-0.4, -0.2) is 42.7 Å². The van der Waals surface area contributed by atoms with Crippen molar-refractivity contribution >= 4 is 11.8 Å². The average molecular weight is 292 g/mol. The lowest BCUT2D eigenvalue weighted by molar-refractivity contribution is -0.136. The van der Waals surface area contributed by atoms with Gasteiger partial charge < -0.3 is 20.5 Å². The smallest absolute Gasteiger partial charge is 0.243 e. The summed E-state index contributed by atoms with van der Waals surface area (Å²) in [5.74, 6) is -0.690. The largest absolute Gasteiger partial charge is 0.396 e. The zero-order chi connectivity index (χ0) is 15.1. The van der Waals surface area contributed by atoms with E-state index < -0.39 is 6.04 Å². The average Bonchev–Trinajstić information content (AvgIpc) is 2.50. The normalized spacial score (nSPS) is 19.8. The number of hydrogen-bond acceptors (Lipinski definition) is 4. The van der Waals surface area contributed by atoms with Gasteiger partial charge in [0, 0.05) is 12.5 Å². The molecule has 0 radical (unpaired) electrons. The van der Waals surface area contributed by atoms with Crippen LogP contribution in [0.3, 0.4) is 0 Å². The summed E-state index contributed by atoms with van der Waals surface area (Å²) in [6.45, 7) is 0.684. The Bertz CT molecular complexity index is 478. The van der Waals surface area contributed by atoms with Gasteiger partial charge >= 0.3 is 0 Å². The lowest BCUT2D eigenvalue weighted by atomic mass is 9.95. The van der Waals surface area contributed by atoms with Crippen LogP contribution in [0.2, 0.25) is 0 Å². The molecule has 2 atom stereocenters. The van der Waals surface area contributed by atoms with Crippen LogP contribution in [0.1, 0.15) is 12.0 Å². The van der Waals surface area contributed by atoms with Gasteiger partial charge in [-0.3, -0.25) is 9.59 Å². The summed E-state index contributed by atoms with van der Waals surface area (Å²) in [4.78, 5) is 23.2. The van der Waals surface area contributed by atoms with Gasteiger partial charge in [0.2, 0.25) is 11.8 Å². The molecule has 0 spiro atoms. The third kappa shape index (κ3) is 4.54. The van der Waals surface area contributed by atoms with E-state index in [0.29, 0.717) is 19.6 Å². The van der Waals surface area contributed by atoms with E-state index in [-0.39, 0.29) is 30.9 Å². The van der Waals surface area contributed by atoms with Crippen molar-refractivity contribution in [3.63, 3.8) is 0 Å². The Kier molecular flexibility index (Phi) is 5.71. The predicted octanol–water partition coefficient (Wildman–Crippen LogP) is -0.184. The molecule has 1 fully saturated rings. The number of hydrogen-bond donors (Lipinski definition) is 3. The number of nitrogens with one attached hydrogen (secondary N) is 2. The van der Waals surface area contributed by atoms with Crippen molar-refractivity contribution in [3.05, 3.63) is 35.9 Å². The fourth-order valence-corrected chi connectivity index (χ4v) is 2.31. The zero-order valence-electron chi connectivity index (χ0n) is 11.7. The minimum atomic E-state index is -0.644. The Hall–Kier alpha value is -1.92. The molecule has 0 saturated carbocycles. The van der Waals surface area contributed by atoms with Gasteiger partial charge in [-0.1, -0.05) is 30.3 Å². The van der Waals surface area contributed by atoms with Crippen LogP contribution in [0.5, 0.6) is 0 Å². The highest BCUT2D eigenvalue weighted by Crippen LogP contribution is 2.13. The van der Waals surface area contributed by atoms with Crippen LogP contribution in [0.15, 0.2) is 30.3 Å². The predicted molar refractivity (Wildman–Crippen MR) is 76.2 cm³/mol. The second-order valence-electron chi connectivity index (χ2n) is 5.04. The SMILES string of the molecule is O=C1CNC(=O)C(C(CCO)COCc2ccccc2)N1.